The van der Waals surface area contributed by atoms with Gasteiger partial charge in [-0.25, -0.2) is 4.39 Å². The molecule has 2 atom stereocenters. The summed E-state index contributed by atoms with van der Waals surface area (Å²) in [5.41, 5.74) is 6.34. The van der Waals surface area contributed by atoms with Crippen molar-refractivity contribution < 1.29 is 9.18 Å². The van der Waals surface area contributed by atoms with Gasteiger partial charge in [0, 0.05) is 22.7 Å². The number of halogens is 3. The average molecular weight is 413 g/mol. The van der Waals surface area contributed by atoms with E-state index in [2.05, 4.69) is 6.92 Å². The summed E-state index contributed by atoms with van der Waals surface area (Å²) in [6, 6.07) is 4.37. The molecule has 1 aliphatic rings. The van der Waals surface area contributed by atoms with Crippen molar-refractivity contribution in [1.82, 2.24) is 4.90 Å². The quantitative estimate of drug-likeness (QED) is 0.759. The summed E-state index contributed by atoms with van der Waals surface area (Å²) in [4.78, 5) is 14.4. The number of hydrogen-bond donors (Lipinski definition) is 1. The Hall–Kier alpha value is -0.400. The largest absolute Gasteiger partial charge is 0.334 e. The Morgan fingerprint density at radius 3 is 2.85 bits per heavy atom. The molecule has 0 spiro atoms. The standard InChI is InChI=1S/C14H18FIN2O.ClH/c1-9-4-5-18(11(6-9)8-17)14(19)12-3-2-10(15)7-13(12)16;/h2-3,7,9,11H,4-6,8,17H2,1H3;1H. The summed E-state index contributed by atoms with van der Waals surface area (Å²) < 4.78 is 13.7. The summed E-state index contributed by atoms with van der Waals surface area (Å²) in [7, 11) is 0. The maximum absolute atomic E-state index is 13.1. The molecule has 1 amide bonds. The van der Waals surface area contributed by atoms with Crippen molar-refractivity contribution in [1.29, 1.82) is 0 Å². The van der Waals surface area contributed by atoms with Crippen molar-refractivity contribution in [3.8, 4) is 0 Å². The van der Waals surface area contributed by atoms with Crippen LogP contribution in [0.1, 0.15) is 30.1 Å². The van der Waals surface area contributed by atoms with Gasteiger partial charge in [0.1, 0.15) is 5.82 Å². The van der Waals surface area contributed by atoms with Gasteiger partial charge in [-0.05, 0) is 59.5 Å². The number of benzene rings is 1. The van der Waals surface area contributed by atoms with E-state index in [-0.39, 0.29) is 30.2 Å². The first-order chi connectivity index (χ1) is 9.02. The molecule has 6 heteroatoms. The van der Waals surface area contributed by atoms with Gasteiger partial charge < -0.3 is 10.6 Å². The first-order valence-corrected chi connectivity index (χ1v) is 7.57. The Morgan fingerprint density at radius 1 is 1.55 bits per heavy atom. The van der Waals surface area contributed by atoms with Gasteiger partial charge in [-0.2, -0.15) is 0 Å². The van der Waals surface area contributed by atoms with Crippen molar-refractivity contribution in [2.45, 2.75) is 25.8 Å². The van der Waals surface area contributed by atoms with Crippen LogP contribution in [-0.2, 0) is 0 Å². The van der Waals surface area contributed by atoms with Gasteiger partial charge in [-0.15, -0.1) is 12.4 Å². The number of rotatable bonds is 2. The van der Waals surface area contributed by atoms with Crippen LogP contribution in [0, 0.1) is 15.3 Å². The number of carbonyl (C=O) groups is 1. The van der Waals surface area contributed by atoms with Crippen LogP contribution in [0.2, 0.25) is 0 Å². The van der Waals surface area contributed by atoms with E-state index < -0.39 is 0 Å². The van der Waals surface area contributed by atoms with E-state index in [1.807, 2.05) is 27.5 Å². The second-order valence-electron chi connectivity index (χ2n) is 5.14. The molecule has 2 N–H and O–H groups in total. The Labute approximate surface area is 138 Å². The fourth-order valence-corrected chi connectivity index (χ4v) is 3.27. The zero-order valence-corrected chi connectivity index (χ0v) is 14.3. The topological polar surface area (TPSA) is 46.3 Å². The molecule has 1 aromatic carbocycles. The molecular weight excluding hydrogens is 394 g/mol. The normalized spacial score (nSPS) is 22.3. The highest BCUT2D eigenvalue weighted by Gasteiger charge is 2.30. The van der Waals surface area contributed by atoms with E-state index in [0.717, 1.165) is 19.4 Å². The summed E-state index contributed by atoms with van der Waals surface area (Å²) in [5.74, 6) is 0.250. The lowest BCUT2D eigenvalue weighted by atomic mass is 9.92. The first-order valence-electron chi connectivity index (χ1n) is 6.49. The molecule has 1 aliphatic heterocycles. The Bertz CT molecular complexity index is 486. The summed E-state index contributed by atoms with van der Waals surface area (Å²) >= 11 is 2.00. The molecular formula is C14H19ClFIN2O. The van der Waals surface area contributed by atoms with Crippen molar-refractivity contribution in [3.05, 3.63) is 33.1 Å². The van der Waals surface area contributed by atoms with Crippen LogP contribution in [-0.4, -0.2) is 29.9 Å². The second kappa shape index (κ2) is 7.56. The minimum absolute atomic E-state index is 0. The zero-order valence-electron chi connectivity index (χ0n) is 11.3. The Morgan fingerprint density at radius 2 is 2.25 bits per heavy atom. The van der Waals surface area contributed by atoms with Crippen molar-refractivity contribution >= 4 is 40.9 Å². The maximum Gasteiger partial charge on any atom is 0.255 e. The molecule has 0 bridgehead atoms. The molecule has 1 fully saturated rings. The van der Waals surface area contributed by atoms with E-state index >= 15 is 0 Å². The van der Waals surface area contributed by atoms with E-state index in [1.165, 1.54) is 12.1 Å². The third-order valence-electron chi connectivity index (χ3n) is 3.67. The molecule has 2 unspecified atom stereocenters. The van der Waals surface area contributed by atoms with Gasteiger partial charge in [0.15, 0.2) is 0 Å². The van der Waals surface area contributed by atoms with E-state index in [1.54, 1.807) is 6.07 Å². The van der Waals surface area contributed by atoms with Crippen LogP contribution in [0.15, 0.2) is 18.2 Å². The minimum Gasteiger partial charge on any atom is -0.334 e. The SMILES string of the molecule is CC1CCN(C(=O)c2ccc(F)cc2I)C(CN)C1.Cl. The lowest BCUT2D eigenvalue weighted by Gasteiger charge is -2.38. The molecule has 1 aromatic rings. The molecule has 1 saturated heterocycles. The number of nitrogens with zero attached hydrogens (tertiary/aromatic N) is 1. The average Bonchev–Trinajstić information content (AvgIpc) is 2.37. The highest BCUT2D eigenvalue weighted by atomic mass is 127. The highest BCUT2D eigenvalue weighted by molar-refractivity contribution is 14.1. The van der Waals surface area contributed by atoms with Crippen LogP contribution >= 0.6 is 35.0 Å². The van der Waals surface area contributed by atoms with Gasteiger partial charge in [-0.1, -0.05) is 6.92 Å². The number of carbonyl (C=O) groups excluding carboxylic acids is 1. The van der Waals surface area contributed by atoms with Gasteiger partial charge in [0.05, 0.1) is 5.56 Å². The van der Waals surface area contributed by atoms with E-state index in [4.69, 9.17) is 5.73 Å². The number of likely N-dealkylation sites (tertiary alicyclic amines) is 1. The zero-order chi connectivity index (χ0) is 14.0. The Balaban J connectivity index is 0.00000200. The van der Waals surface area contributed by atoms with E-state index in [0.29, 0.717) is 21.6 Å². The molecule has 20 heavy (non-hydrogen) atoms. The molecule has 0 saturated carbocycles. The van der Waals surface area contributed by atoms with Crippen LogP contribution in [0.25, 0.3) is 0 Å². The molecule has 3 nitrogen and oxygen atoms in total. The molecule has 112 valence electrons. The van der Waals surface area contributed by atoms with Crippen LogP contribution in [0.5, 0.6) is 0 Å². The number of nitrogens with two attached hydrogens (primary N) is 1. The lowest BCUT2D eigenvalue weighted by Crippen LogP contribution is -2.49. The highest BCUT2D eigenvalue weighted by Crippen LogP contribution is 2.25. The smallest absolute Gasteiger partial charge is 0.255 e. The molecule has 0 aliphatic carbocycles. The molecule has 0 aromatic heterocycles. The van der Waals surface area contributed by atoms with Crippen LogP contribution < -0.4 is 5.73 Å². The van der Waals surface area contributed by atoms with Crippen LogP contribution in [0.4, 0.5) is 4.39 Å². The van der Waals surface area contributed by atoms with Gasteiger partial charge in [0.25, 0.3) is 5.91 Å². The summed E-state index contributed by atoms with van der Waals surface area (Å²) in [6.45, 7) is 3.40. The summed E-state index contributed by atoms with van der Waals surface area (Å²) in [6.07, 6.45) is 1.94. The molecule has 2 rings (SSSR count). The Kier molecular flexibility index (Phi) is 6.68. The number of hydrogen-bond acceptors (Lipinski definition) is 2. The number of piperidine rings is 1. The maximum atomic E-state index is 13.1. The predicted octanol–water partition coefficient (Wildman–Crippen LogP) is 3.05. The summed E-state index contributed by atoms with van der Waals surface area (Å²) in [5, 5.41) is 0. The molecule has 1 heterocycles. The fraction of sp³-hybridized carbons (Fsp3) is 0.500. The van der Waals surface area contributed by atoms with Gasteiger partial charge in [0.2, 0.25) is 0 Å². The van der Waals surface area contributed by atoms with Crippen molar-refractivity contribution in [3.63, 3.8) is 0 Å². The predicted molar refractivity (Wildman–Crippen MR) is 88.6 cm³/mol. The van der Waals surface area contributed by atoms with Crippen molar-refractivity contribution in [2.75, 3.05) is 13.1 Å². The third-order valence-corrected chi connectivity index (χ3v) is 4.57. The van der Waals surface area contributed by atoms with Crippen molar-refractivity contribution in [2.24, 2.45) is 11.7 Å². The monoisotopic (exact) mass is 412 g/mol. The first kappa shape index (κ1) is 17.7. The minimum atomic E-state index is -0.316. The second-order valence-corrected chi connectivity index (χ2v) is 6.30. The van der Waals surface area contributed by atoms with Crippen LogP contribution in [0.3, 0.4) is 0 Å². The van der Waals surface area contributed by atoms with Gasteiger partial charge >= 0.3 is 0 Å². The van der Waals surface area contributed by atoms with Gasteiger partial charge in [-0.3, -0.25) is 4.79 Å². The molecule has 0 radical (unpaired) electrons. The third kappa shape index (κ3) is 3.83. The fourth-order valence-electron chi connectivity index (χ4n) is 2.56. The van der Waals surface area contributed by atoms with E-state index in [9.17, 15) is 9.18 Å². The number of amides is 1. The lowest BCUT2D eigenvalue weighted by molar-refractivity contribution is 0.0572.